The summed E-state index contributed by atoms with van der Waals surface area (Å²) in [6.07, 6.45) is 16.7. The summed E-state index contributed by atoms with van der Waals surface area (Å²) in [5, 5.41) is 0. The van der Waals surface area contributed by atoms with E-state index in [0.29, 0.717) is 30.8 Å². The lowest BCUT2D eigenvalue weighted by Crippen LogP contribution is -2.37. The normalized spacial score (nSPS) is 14.9. The van der Waals surface area contributed by atoms with E-state index in [2.05, 4.69) is 13.8 Å². The first kappa shape index (κ1) is 34.0. The third kappa shape index (κ3) is 25.1. The van der Waals surface area contributed by atoms with Gasteiger partial charge in [0.15, 0.2) is 0 Å². The Morgan fingerprint density at radius 3 is 1.71 bits per heavy atom. The molecule has 0 rings (SSSR count). The van der Waals surface area contributed by atoms with Crippen molar-refractivity contribution in [1.29, 1.82) is 0 Å². The van der Waals surface area contributed by atoms with Crippen molar-refractivity contribution in [2.45, 2.75) is 110 Å². The second-order valence-electron chi connectivity index (χ2n) is 10.4. The molecule has 0 aromatic carbocycles. The first-order valence-electron chi connectivity index (χ1n) is 13.8. The topological polar surface area (TPSA) is 77.1 Å². The smallest absolute Gasteiger partial charge is 0.268 e. The SMILES string of the molecule is CCCCCCCCCCOC[C@H](COP(=O)([O-])OCC[N+](C)(C)C)OCCCCCCCC. The van der Waals surface area contributed by atoms with Crippen molar-refractivity contribution < 1.29 is 32.5 Å². The summed E-state index contributed by atoms with van der Waals surface area (Å²) in [5.74, 6) is 0. The van der Waals surface area contributed by atoms with E-state index in [-0.39, 0.29) is 13.2 Å². The van der Waals surface area contributed by atoms with Crippen LogP contribution >= 0.6 is 7.82 Å². The Balaban J connectivity index is 4.21. The predicted molar refractivity (Wildman–Crippen MR) is 139 cm³/mol. The molecule has 0 aliphatic carbocycles. The number of nitrogens with zero attached hydrogens (tertiary/aromatic N) is 1. The molecule has 0 radical (unpaired) electrons. The molecule has 206 valence electrons. The lowest BCUT2D eigenvalue weighted by atomic mass is 10.1. The molecule has 0 spiro atoms. The first-order valence-corrected chi connectivity index (χ1v) is 15.3. The summed E-state index contributed by atoms with van der Waals surface area (Å²) in [7, 11) is 1.59. The Hall–Kier alpha value is -0.0100. The Morgan fingerprint density at radius 2 is 1.18 bits per heavy atom. The maximum absolute atomic E-state index is 12.1. The van der Waals surface area contributed by atoms with Gasteiger partial charge in [-0.1, -0.05) is 90.9 Å². The molecule has 0 aliphatic rings. The van der Waals surface area contributed by atoms with Crippen molar-refractivity contribution in [3.8, 4) is 0 Å². The molecule has 0 N–H and O–H groups in total. The largest absolute Gasteiger partial charge is 0.756 e. The van der Waals surface area contributed by atoms with Gasteiger partial charge in [0.25, 0.3) is 7.82 Å². The molecule has 1 unspecified atom stereocenters. The standard InChI is InChI=1S/C26H56NO6P/c1-6-8-10-12-14-15-16-18-21-30-24-26(31-22-19-17-13-11-9-7-2)25-33-34(28,29)32-23-20-27(3,4)5/h26H,6-25H2,1-5H3/t26-/m1/s1. The van der Waals surface area contributed by atoms with Crippen LogP contribution in [-0.2, 0) is 23.1 Å². The van der Waals surface area contributed by atoms with E-state index in [9.17, 15) is 9.46 Å². The number of hydrogen-bond donors (Lipinski definition) is 0. The number of rotatable bonds is 26. The fraction of sp³-hybridized carbons (Fsp3) is 1.00. The van der Waals surface area contributed by atoms with Gasteiger partial charge in [-0.15, -0.1) is 0 Å². The second kappa shape index (κ2) is 22.2. The van der Waals surface area contributed by atoms with Gasteiger partial charge in [0.05, 0.1) is 34.4 Å². The quantitative estimate of drug-likeness (QED) is 0.0797. The Labute approximate surface area is 211 Å². The highest BCUT2D eigenvalue weighted by molar-refractivity contribution is 7.45. The lowest BCUT2D eigenvalue weighted by Gasteiger charge is -2.28. The summed E-state index contributed by atoms with van der Waals surface area (Å²) in [5.41, 5.74) is 0. The molecule has 0 saturated heterocycles. The van der Waals surface area contributed by atoms with Crippen molar-refractivity contribution in [3.63, 3.8) is 0 Å². The van der Waals surface area contributed by atoms with Gasteiger partial charge in [-0.05, 0) is 12.8 Å². The fourth-order valence-electron chi connectivity index (χ4n) is 3.47. The highest BCUT2D eigenvalue weighted by Crippen LogP contribution is 2.38. The number of quaternary nitrogens is 1. The van der Waals surface area contributed by atoms with Crippen LogP contribution in [0.5, 0.6) is 0 Å². The third-order valence-corrected chi connectivity index (χ3v) is 6.69. The molecule has 34 heavy (non-hydrogen) atoms. The Morgan fingerprint density at radius 1 is 0.676 bits per heavy atom. The van der Waals surface area contributed by atoms with E-state index in [1.165, 1.54) is 70.6 Å². The minimum absolute atomic E-state index is 0.0710. The number of likely N-dealkylation sites (N-methyl/N-ethyl adjacent to an activating group) is 1. The highest BCUT2D eigenvalue weighted by Gasteiger charge is 2.17. The molecular weight excluding hydrogens is 453 g/mol. The van der Waals surface area contributed by atoms with E-state index >= 15 is 0 Å². The molecule has 0 heterocycles. The average molecular weight is 510 g/mol. The molecule has 0 bridgehead atoms. The number of ether oxygens (including phenoxy) is 2. The van der Waals surface area contributed by atoms with Crippen LogP contribution in [0.4, 0.5) is 0 Å². The van der Waals surface area contributed by atoms with Crippen molar-refractivity contribution in [3.05, 3.63) is 0 Å². The predicted octanol–water partition coefficient (Wildman–Crippen LogP) is 6.10. The van der Waals surface area contributed by atoms with Crippen LogP contribution < -0.4 is 4.89 Å². The highest BCUT2D eigenvalue weighted by atomic mass is 31.2. The molecule has 0 aromatic heterocycles. The minimum atomic E-state index is -4.35. The summed E-state index contributed by atoms with van der Waals surface area (Å²) < 4.78 is 34.6. The van der Waals surface area contributed by atoms with E-state index in [4.69, 9.17) is 18.5 Å². The second-order valence-corrected chi connectivity index (χ2v) is 11.8. The number of phosphoric acid groups is 1. The summed E-state index contributed by atoms with van der Waals surface area (Å²) in [6, 6.07) is 0. The van der Waals surface area contributed by atoms with E-state index in [0.717, 1.165) is 19.3 Å². The zero-order valence-corrected chi connectivity index (χ0v) is 24.0. The van der Waals surface area contributed by atoms with Crippen LogP contribution in [0.15, 0.2) is 0 Å². The summed E-state index contributed by atoms with van der Waals surface area (Å²) in [4.78, 5) is 12.1. The number of phosphoric ester groups is 1. The van der Waals surface area contributed by atoms with Crippen LogP contribution in [0.1, 0.15) is 104 Å². The van der Waals surface area contributed by atoms with E-state index in [1.54, 1.807) is 0 Å². The molecule has 2 atom stereocenters. The van der Waals surface area contributed by atoms with Crippen LogP contribution in [0.25, 0.3) is 0 Å². The third-order valence-electron chi connectivity index (χ3n) is 5.73. The van der Waals surface area contributed by atoms with Crippen molar-refractivity contribution in [2.75, 3.05) is 60.7 Å². The zero-order valence-electron chi connectivity index (χ0n) is 23.1. The van der Waals surface area contributed by atoms with Gasteiger partial charge in [-0.25, -0.2) is 0 Å². The van der Waals surface area contributed by atoms with Crippen LogP contribution in [0, 0.1) is 0 Å². The number of hydrogen-bond acceptors (Lipinski definition) is 6. The first-order chi connectivity index (χ1) is 16.2. The Bertz CT molecular complexity index is 486. The zero-order chi connectivity index (χ0) is 25.5. The maximum Gasteiger partial charge on any atom is 0.268 e. The van der Waals surface area contributed by atoms with Gasteiger partial charge >= 0.3 is 0 Å². The monoisotopic (exact) mass is 509 g/mol. The van der Waals surface area contributed by atoms with Gasteiger partial charge in [0.1, 0.15) is 19.3 Å². The van der Waals surface area contributed by atoms with Gasteiger partial charge in [-0.3, -0.25) is 4.57 Å². The van der Waals surface area contributed by atoms with Crippen molar-refractivity contribution >= 4 is 7.82 Å². The van der Waals surface area contributed by atoms with Crippen LogP contribution in [0.2, 0.25) is 0 Å². The van der Waals surface area contributed by atoms with Gasteiger partial charge in [0.2, 0.25) is 0 Å². The van der Waals surface area contributed by atoms with Crippen LogP contribution in [-0.4, -0.2) is 71.3 Å². The summed E-state index contributed by atoms with van der Waals surface area (Å²) >= 11 is 0. The van der Waals surface area contributed by atoms with Crippen molar-refractivity contribution in [2.24, 2.45) is 0 Å². The Kier molecular flexibility index (Phi) is 22.2. The molecule has 8 heteroatoms. The van der Waals surface area contributed by atoms with Gasteiger partial charge < -0.3 is 27.9 Å². The van der Waals surface area contributed by atoms with Crippen LogP contribution in [0.3, 0.4) is 0 Å². The minimum Gasteiger partial charge on any atom is -0.756 e. The molecule has 0 aliphatic heterocycles. The van der Waals surface area contributed by atoms with Gasteiger partial charge in [-0.2, -0.15) is 0 Å². The van der Waals surface area contributed by atoms with E-state index in [1.807, 2.05) is 21.1 Å². The average Bonchev–Trinajstić information content (AvgIpc) is 2.76. The fourth-order valence-corrected chi connectivity index (χ4v) is 4.20. The molecule has 7 nitrogen and oxygen atoms in total. The van der Waals surface area contributed by atoms with Gasteiger partial charge in [0, 0.05) is 13.2 Å². The van der Waals surface area contributed by atoms with Crippen molar-refractivity contribution in [1.82, 2.24) is 0 Å². The van der Waals surface area contributed by atoms with E-state index < -0.39 is 13.9 Å². The maximum atomic E-state index is 12.1. The molecule has 0 aromatic rings. The summed E-state index contributed by atoms with van der Waals surface area (Å²) in [6.45, 7) is 6.65. The molecule has 0 amide bonds. The number of unbranched alkanes of at least 4 members (excludes halogenated alkanes) is 12. The molecular formula is C26H56NO6P. The molecule has 0 saturated carbocycles. The lowest BCUT2D eigenvalue weighted by molar-refractivity contribution is -0.870. The molecule has 0 fully saturated rings.